The van der Waals surface area contributed by atoms with E-state index in [1.807, 2.05) is 6.92 Å². The van der Waals surface area contributed by atoms with Crippen molar-refractivity contribution in [3.8, 4) is 17.2 Å². The smallest absolute Gasteiger partial charge is 0.253 e. The Morgan fingerprint density at radius 1 is 1.17 bits per heavy atom. The maximum absolute atomic E-state index is 12.1. The summed E-state index contributed by atoms with van der Waals surface area (Å²) >= 11 is 0. The Kier molecular flexibility index (Phi) is 5.83. The van der Waals surface area contributed by atoms with E-state index in [2.05, 4.69) is 10.3 Å². The van der Waals surface area contributed by atoms with Gasteiger partial charge >= 0.3 is 0 Å². The van der Waals surface area contributed by atoms with E-state index in [-0.39, 0.29) is 18.0 Å². The highest BCUT2D eigenvalue weighted by molar-refractivity contribution is 5.93. The normalized spacial score (nSPS) is 10.1. The van der Waals surface area contributed by atoms with Gasteiger partial charge < -0.3 is 24.5 Å². The SMILES string of the molecule is CCOc1c(OC)cc(CNC(=O)c2ccc(=O)[nH]c2)cc1OC. The molecular formula is C17H20N2O5. The number of hydrogen-bond acceptors (Lipinski definition) is 5. The minimum atomic E-state index is -0.293. The molecule has 128 valence electrons. The Labute approximate surface area is 139 Å². The molecule has 0 fully saturated rings. The summed E-state index contributed by atoms with van der Waals surface area (Å²) in [5, 5.41) is 2.78. The van der Waals surface area contributed by atoms with E-state index in [1.165, 1.54) is 18.3 Å². The molecule has 0 aliphatic heterocycles. The highest BCUT2D eigenvalue weighted by Crippen LogP contribution is 2.38. The van der Waals surface area contributed by atoms with Gasteiger partial charge in [0.2, 0.25) is 11.3 Å². The van der Waals surface area contributed by atoms with E-state index in [0.717, 1.165) is 5.56 Å². The Morgan fingerprint density at radius 2 is 1.83 bits per heavy atom. The van der Waals surface area contributed by atoms with E-state index < -0.39 is 0 Å². The summed E-state index contributed by atoms with van der Waals surface area (Å²) in [5.41, 5.74) is 0.914. The third kappa shape index (κ3) is 4.07. The lowest BCUT2D eigenvalue weighted by Gasteiger charge is -2.15. The maximum Gasteiger partial charge on any atom is 0.253 e. The number of aromatic nitrogens is 1. The third-order valence-corrected chi connectivity index (χ3v) is 3.31. The van der Waals surface area contributed by atoms with Crippen LogP contribution in [0.1, 0.15) is 22.8 Å². The minimum absolute atomic E-state index is 0.257. The number of nitrogens with one attached hydrogen (secondary N) is 2. The van der Waals surface area contributed by atoms with Gasteiger partial charge in [-0.15, -0.1) is 0 Å². The highest BCUT2D eigenvalue weighted by atomic mass is 16.5. The third-order valence-electron chi connectivity index (χ3n) is 3.31. The first-order valence-electron chi connectivity index (χ1n) is 7.43. The molecule has 0 unspecified atom stereocenters. The average Bonchev–Trinajstić information content (AvgIpc) is 2.61. The zero-order chi connectivity index (χ0) is 17.5. The van der Waals surface area contributed by atoms with Gasteiger partial charge in [0.05, 0.1) is 26.4 Å². The number of carbonyl (C=O) groups excluding carboxylic acids is 1. The summed E-state index contributed by atoms with van der Waals surface area (Å²) in [4.78, 5) is 25.6. The van der Waals surface area contributed by atoms with Gasteiger partial charge in [-0.1, -0.05) is 0 Å². The molecule has 7 nitrogen and oxygen atoms in total. The summed E-state index contributed by atoms with van der Waals surface area (Å²) in [7, 11) is 3.08. The van der Waals surface area contributed by atoms with E-state index >= 15 is 0 Å². The molecule has 1 heterocycles. The molecule has 1 aromatic heterocycles. The van der Waals surface area contributed by atoms with Crippen LogP contribution in [0.15, 0.2) is 35.3 Å². The molecule has 0 spiro atoms. The number of ether oxygens (including phenoxy) is 3. The van der Waals surface area contributed by atoms with Crippen LogP contribution in [-0.4, -0.2) is 31.7 Å². The number of benzene rings is 1. The molecule has 0 aliphatic rings. The van der Waals surface area contributed by atoms with Crippen molar-refractivity contribution < 1.29 is 19.0 Å². The summed E-state index contributed by atoms with van der Waals surface area (Å²) < 4.78 is 16.2. The van der Waals surface area contributed by atoms with Crippen molar-refractivity contribution in [1.82, 2.24) is 10.3 Å². The second kappa shape index (κ2) is 8.05. The largest absolute Gasteiger partial charge is 0.493 e. The lowest BCUT2D eigenvalue weighted by molar-refractivity contribution is 0.0950. The topological polar surface area (TPSA) is 89.6 Å². The quantitative estimate of drug-likeness (QED) is 0.806. The number of pyridine rings is 1. The molecule has 7 heteroatoms. The van der Waals surface area contributed by atoms with Gasteiger partial charge in [-0.25, -0.2) is 0 Å². The van der Waals surface area contributed by atoms with Crippen molar-refractivity contribution in [2.24, 2.45) is 0 Å². The van der Waals surface area contributed by atoms with Crippen LogP contribution in [0.2, 0.25) is 0 Å². The van der Waals surface area contributed by atoms with Gasteiger partial charge in [-0.2, -0.15) is 0 Å². The van der Waals surface area contributed by atoms with Crippen molar-refractivity contribution in [2.45, 2.75) is 13.5 Å². The first-order chi connectivity index (χ1) is 11.6. The maximum atomic E-state index is 12.1. The fraction of sp³-hybridized carbons (Fsp3) is 0.294. The van der Waals surface area contributed by atoms with Gasteiger partial charge in [0, 0.05) is 18.8 Å². The molecule has 0 atom stereocenters. The first-order valence-corrected chi connectivity index (χ1v) is 7.43. The monoisotopic (exact) mass is 332 g/mol. The number of H-pyrrole nitrogens is 1. The molecule has 0 bridgehead atoms. The van der Waals surface area contributed by atoms with E-state index in [4.69, 9.17) is 14.2 Å². The van der Waals surface area contributed by atoms with Crippen LogP contribution in [0.3, 0.4) is 0 Å². The molecule has 1 aromatic carbocycles. The predicted octanol–water partition coefficient (Wildman–Crippen LogP) is 1.72. The Hall–Kier alpha value is -2.96. The Bertz CT molecular complexity index is 724. The number of carbonyl (C=O) groups is 1. The number of amides is 1. The molecule has 0 saturated carbocycles. The Balaban J connectivity index is 2.15. The number of aromatic amines is 1. The molecule has 1 amide bonds. The number of rotatable bonds is 7. The van der Waals surface area contributed by atoms with Crippen LogP contribution in [0.4, 0.5) is 0 Å². The number of hydrogen-bond donors (Lipinski definition) is 2. The van der Waals surface area contributed by atoms with Crippen LogP contribution in [-0.2, 0) is 6.54 Å². The van der Waals surface area contributed by atoms with Crippen LogP contribution in [0.5, 0.6) is 17.2 Å². The van der Waals surface area contributed by atoms with Gasteiger partial charge in [0.25, 0.3) is 5.91 Å². The van der Waals surface area contributed by atoms with Crippen molar-refractivity contribution in [3.63, 3.8) is 0 Å². The van der Waals surface area contributed by atoms with Crippen LogP contribution in [0, 0.1) is 0 Å². The molecule has 2 N–H and O–H groups in total. The highest BCUT2D eigenvalue weighted by Gasteiger charge is 2.14. The van der Waals surface area contributed by atoms with Crippen molar-refractivity contribution >= 4 is 5.91 Å². The van der Waals surface area contributed by atoms with Crippen molar-refractivity contribution in [1.29, 1.82) is 0 Å². The van der Waals surface area contributed by atoms with E-state index in [1.54, 1.807) is 26.4 Å². The summed E-state index contributed by atoms with van der Waals surface area (Å²) in [5.74, 6) is 1.30. The standard InChI is InChI=1S/C17H20N2O5/c1-4-24-16-13(22-2)7-11(8-14(16)23-3)9-19-17(21)12-5-6-15(20)18-10-12/h5-8,10H,4,9H2,1-3H3,(H,18,20)(H,19,21). The second-order valence-corrected chi connectivity index (χ2v) is 4.89. The second-order valence-electron chi connectivity index (χ2n) is 4.89. The van der Waals surface area contributed by atoms with E-state index in [9.17, 15) is 9.59 Å². The van der Waals surface area contributed by atoms with Crippen LogP contribution in [0.25, 0.3) is 0 Å². The molecule has 24 heavy (non-hydrogen) atoms. The predicted molar refractivity (Wildman–Crippen MR) is 88.9 cm³/mol. The molecule has 0 radical (unpaired) electrons. The van der Waals surface area contributed by atoms with Gasteiger partial charge in [0.15, 0.2) is 11.5 Å². The average molecular weight is 332 g/mol. The van der Waals surface area contributed by atoms with E-state index in [0.29, 0.717) is 29.4 Å². The van der Waals surface area contributed by atoms with Crippen LogP contribution < -0.4 is 25.1 Å². The van der Waals surface area contributed by atoms with Crippen molar-refractivity contribution in [2.75, 3.05) is 20.8 Å². The first kappa shape index (κ1) is 17.4. The fourth-order valence-electron chi connectivity index (χ4n) is 2.16. The summed E-state index contributed by atoms with van der Waals surface area (Å²) in [6.45, 7) is 2.63. The number of methoxy groups -OCH3 is 2. The minimum Gasteiger partial charge on any atom is -0.493 e. The lowest BCUT2D eigenvalue weighted by Crippen LogP contribution is -2.23. The molecule has 0 aliphatic carbocycles. The molecular weight excluding hydrogens is 312 g/mol. The van der Waals surface area contributed by atoms with Gasteiger partial charge in [-0.05, 0) is 30.7 Å². The molecule has 2 rings (SSSR count). The lowest BCUT2D eigenvalue weighted by atomic mass is 10.1. The van der Waals surface area contributed by atoms with Crippen LogP contribution >= 0.6 is 0 Å². The zero-order valence-corrected chi connectivity index (χ0v) is 13.8. The van der Waals surface area contributed by atoms with Gasteiger partial charge in [0.1, 0.15) is 0 Å². The molecule has 2 aromatic rings. The Morgan fingerprint density at radius 3 is 2.33 bits per heavy atom. The zero-order valence-electron chi connectivity index (χ0n) is 13.8. The summed E-state index contributed by atoms with van der Waals surface area (Å²) in [6, 6.07) is 6.33. The van der Waals surface area contributed by atoms with Gasteiger partial charge in [-0.3, -0.25) is 9.59 Å². The van der Waals surface area contributed by atoms with Crippen molar-refractivity contribution in [3.05, 3.63) is 51.9 Å². The molecule has 0 saturated heterocycles. The summed E-state index contributed by atoms with van der Waals surface area (Å²) in [6.07, 6.45) is 1.37. The fourth-order valence-corrected chi connectivity index (χ4v) is 2.16.